The molecule has 5 heteroatoms. The minimum absolute atomic E-state index is 0.135. The van der Waals surface area contributed by atoms with E-state index in [1.807, 2.05) is 6.26 Å². The average Bonchev–Trinajstić information content (AvgIpc) is 3.05. The fraction of sp³-hybridized carbons (Fsp3) is 0.476. The molecule has 0 spiro atoms. The fourth-order valence-corrected chi connectivity index (χ4v) is 5.18. The van der Waals surface area contributed by atoms with Gasteiger partial charge in [-0.3, -0.25) is 9.69 Å². The maximum absolute atomic E-state index is 12.6. The van der Waals surface area contributed by atoms with Crippen molar-refractivity contribution in [1.29, 1.82) is 0 Å². The molecule has 1 aromatic carbocycles. The molecule has 3 aliphatic heterocycles. The number of nitrogens with zero attached hydrogens (tertiary/aromatic N) is 1. The van der Waals surface area contributed by atoms with Gasteiger partial charge in [-0.2, -0.15) is 0 Å². The zero-order valence-corrected chi connectivity index (χ0v) is 15.1. The van der Waals surface area contributed by atoms with Crippen LogP contribution in [0.4, 0.5) is 0 Å². The molecule has 1 N–H and O–H groups in total. The molecule has 2 aromatic rings. The Kier molecular flexibility index (Phi) is 3.60. The molecule has 1 saturated heterocycles. The molecule has 26 heavy (non-hydrogen) atoms. The lowest BCUT2D eigenvalue weighted by Gasteiger charge is -2.50. The van der Waals surface area contributed by atoms with E-state index in [4.69, 9.17) is 9.47 Å². The van der Waals surface area contributed by atoms with Crippen LogP contribution in [0, 0.1) is 11.8 Å². The number of para-hydroxylation sites is 1. The molecule has 3 aliphatic rings. The molecular formula is C21H24N2O3. The van der Waals surface area contributed by atoms with Gasteiger partial charge in [-0.1, -0.05) is 18.2 Å². The zero-order valence-electron chi connectivity index (χ0n) is 15.1. The number of ether oxygens (including phenoxy) is 2. The number of benzene rings is 1. The molecule has 5 nitrogen and oxygen atoms in total. The van der Waals surface area contributed by atoms with Crippen molar-refractivity contribution in [2.24, 2.45) is 11.8 Å². The summed E-state index contributed by atoms with van der Waals surface area (Å²) in [4.78, 5) is 18.6. The standard InChI is InChI=1S/C21H24N2O3/c1-12-16-11-23-18(9-13(16)7-8-26-12)20-15(10-19(23)21(24)25-2)14-5-3-4-6-17(14)22-20/h3-8,12-13,16,18-19,22H,9-11H2,1-2H3/t12-,13?,16?,18?,19-/m0/s1. The molecule has 5 rings (SSSR count). The third-order valence-corrected chi connectivity index (χ3v) is 6.54. The predicted molar refractivity (Wildman–Crippen MR) is 98.5 cm³/mol. The van der Waals surface area contributed by atoms with Crippen LogP contribution in [0.15, 0.2) is 36.6 Å². The molecule has 0 bridgehead atoms. The Morgan fingerprint density at radius 3 is 3.04 bits per heavy atom. The third kappa shape index (κ3) is 2.23. The second kappa shape index (κ2) is 5.88. The van der Waals surface area contributed by atoms with E-state index in [0.717, 1.165) is 18.5 Å². The van der Waals surface area contributed by atoms with Crippen LogP contribution in [0.1, 0.15) is 30.6 Å². The Labute approximate surface area is 153 Å². The minimum Gasteiger partial charge on any atom is -0.498 e. The van der Waals surface area contributed by atoms with Crippen LogP contribution in [0.2, 0.25) is 0 Å². The smallest absolute Gasteiger partial charge is 0.323 e. The van der Waals surface area contributed by atoms with Crippen molar-refractivity contribution < 1.29 is 14.3 Å². The van der Waals surface area contributed by atoms with E-state index in [2.05, 4.69) is 47.1 Å². The SMILES string of the molecule is COC(=O)[C@@H]1Cc2c([nH]c3ccccc23)C2CC3C=CO[C@@H](C)C3CN21. The first-order valence-corrected chi connectivity index (χ1v) is 9.42. The Balaban J connectivity index is 1.62. The summed E-state index contributed by atoms with van der Waals surface area (Å²) in [6, 6.07) is 8.38. The number of hydrogen-bond donors (Lipinski definition) is 1. The van der Waals surface area contributed by atoms with Crippen molar-refractivity contribution in [2.45, 2.75) is 38.0 Å². The first kappa shape index (κ1) is 15.9. The van der Waals surface area contributed by atoms with Crippen LogP contribution in [0.3, 0.4) is 0 Å². The molecule has 0 amide bonds. The summed E-state index contributed by atoms with van der Waals surface area (Å²) >= 11 is 0. The number of aromatic amines is 1. The van der Waals surface area contributed by atoms with E-state index in [-0.39, 0.29) is 24.2 Å². The van der Waals surface area contributed by atoms with Gasteiger partial charge in [-0.15, -0.1) is 0 Å². The number of fused-ring (bicyclic) bond motifs is 6. The van der Waals surface area contributed by atoms with Gasteiger partial charge in [0.15, 0.2) is 0 Å². The second-order valence-corrected chi connectivity index (χ2v) is 7.75. The highest BCUT2D eigenvalue weighted by Crippen LogP contribution is 2.47. The summed E-state index contributed by atoms with van der Waals surface area (Å²) < 4.78 is 10.9. The number of carbonyl (C=O) groups excluding carboxylic acids is 1. The summed E-state index contributed by atoms with van der Waals surface area (Å²) in [6.07, 6.45) is 5.93. The lowest BCUT2D eigenvalue weighted by molar-refractivity contribution is -0.151. The number of nitrogens with one attached hydrogen (secondary N) is 1. The number of esters is 1. The summed E-state index contributed by atoms with van der Waals surface area (Å²) in [5, 5.41) is 1.23. The zero-order chi connectivity index (χ0) is 17.8. The number of methoxy groups -OCH3 is 1. The monoisotopic (exact) mass is 352 g/mol. The Bertz CT molecular complexity index is 887. The highest BCUT2D eigenvalue weighted by molar-refractivity contribution is 5.87. The largest absolute Gasteiger partial charge is 0.498 e. The molecule has 1 aromatic heterocycles. The van der Waals surface area contributed by atoms with Crippen LogP contribution in [0.25, 0.3) is 10.9 Å². The topological polar surface area (TPSA) is 54.6 Å². The molecular weight excluding hydrogens is 328 g/mol. The van der Waals surface area contributed by atoms with Gasteiger partial charge in [0, 0.05) is 35.5 Å². The summed E-state index contributed by atoms with van der Waals surface area (Å²) in [5.41, 5.74) is 3.71. The number of allylic oxidation sites excluding steroid dienone is 1. The lowest BCUT2D eigenvalue weighted by Crippen LogP contribution is -2.56. The van der Waals surface area contributed by atoms with E-state index in [9.17, 15) is 4.79 Å². The van der Waals surface area contributed by atoms with Gasteiger partial charge >= 0.3 is 5.97 Å². The lowest BCUT2D eigenvalue weighted by atomic mass is 9.74. The van der Waals surface area contributed by atoms with Gasteiger partial charge in [0.25, 0.3) is 0 Å². The van der Waals surface area contributed by atoms with Gasteiger partial charge in [0.2, 0.25) is 0 Å². The van der Waals surface area contributed by atoms with Crippen molar-refractivity contribution in [1.82, 2.24) is 9.88 Å². The Morgan fingerprint density at radius 2 is 2.19 bits per heavy atom. The van der Waals surface area contributed by atoms with Gasteiger partial charge in [-0.05, 0) is 37.0 Å². The number of hydrogen-bond acceptors (Lipinski definition) is 4. The molecule has 0 aliphatic carbocycles. The van der Waals surface area contributed by atoms with Crippen LogP contribution in [0.5, 0.6) is 0 Å². The van der Waals surface area contributed by atoms with Gasteiger partial charge < -0.3 is 14.5 Å². The number of H-pyrrole nitrogens is 1. The Hall–Kier alpha value is -2.27. The van der Waals surface area contributed by atoms with Crippen molar-refractivity contribution in [2.75, 3.05) is 13.7 Å². The Morgan fingerprint density at radius 1 is 1.35 bits per heavy atom. The quantitative estimate of drug-likeness (QED) is 0.801. The van der Waals surface area contributed by atoms with Gasteiger partial charge in [0.05, 0.1) is 25.5 Å². The van der Waals surface area contributed by atoms with Gasteiger partial charge in [-0.25, -0.2) is 0 Å². The molecule has 4 heterocycles. The second-order valence-electron chi connectivity index (χ2n) is 7.75. The van der Waals surface area contributed by atoms with E-state index < -0.39 is 0 Å². The van der Waals surface area contributed by atoms with Crippen LogP contribution < -0.4 is 0 Å². The van der Waals surface area contributed by atoms with Crippen molar-refractivity contribution in [3.8, 4) is 0 Å². The molecule has 0 saturated carbocycles. The number of carbonyl (C=O) groups is 1. The van der Waals surface area contributed by atoms with E-state index in [1.54, 1.807) is 0 Å². The normalized spacial score (nSPS) is 33.1. The number of aromatic nitrogens is 1. The van der Waals surface area contributed by atoms with E-state index in [0.29, 0.717) is 18.3 Å². The average molecular weight is 352 g/mol. The van der Waals surface area contributed by atoms with Crippen LogP contribution in [-0.2, 0) is 20.7 Å². The van der Waals surface area contributed by atoms with Crippen LogP contribution >= 0.6 is 0 Å². The maximum atomic E-state index is 12.6. The van der Waals surface area contributed by atoms with Gasteiger partial charge in [0.1, 0.15) is 6.04 Å². The van der Waals surface area contributed by atoms with Crippen LogP contribution in [-0.4, -0.2) is 41.7 Å². The first-order chi connectivity index (χ1) is 12.7. The highest BCUT2D eigenvalue weighted by atomic mass is 16.5. The van der Waals surface area contributed by atoms with Crippen molar-refractivity contribution in [3.05, 3.63) is 47.9 Å². The summed E-state index contributed by atoms with van der Waals surface area (Å²) in [6.45, 7) is 2.99. The molecule has 136 valence electrons. The number of rotatable bonds is 1. The third-order valence-electron chi connectivity index (χ3n) is 6.54. The van der Waals surface area contributed by atoms with E-state index >= 15 is 0 Å². The molecule has 0 radical (unpaired) electrons. The van der Waals surface area contributed by atoms with E-state index in [1.165, 1.54) is 23.8 Å². The van der Waals surface area contributed by atoms with Crippen molar-refractivity contribution >= 4 is 16.9 Å². The highest BCUT2D eigenvalue weighted by Gasteiger charge is 2.48. The fourth-order valence-electron chi connectivity index (χ4n) is 5.18. The first-order valence-electron chi connectivity index (χ1n) is 9.42. The molecule has 1 fully saturated rings. The molecule has 5 atom stereocenters. The van der Waals surface area contributed by atoms with Crippen molar-refractivity contribution in [3.63, 3.8) is 0 Å². The maximum Gasteiger partial charge on any atom is 0.323 e. The number of piperidine rings is 1. The predicted octanol–water partition coefficient (Wildman–Crippen LogP) is 3.18. The summed E-state index contributed by atoms with van der Waals surface area (Å²) in [7, 11) is 1.49. The minimum atomic E-state index is -0.226. The molecule has 3 unspecified atom stereocenters. The summed E-state index contributed by atoms with van der Waals surface area (Å²) in [5.74, 6) is 0.759.